The van der Waals surface area contributed by atoms with Crippen LogP contribution in [0.1, 0.15) is 47.7 Å². The Morgan fingerprint density at radius 1 is 1.15 bits per heavy atom. The molecule has 0 unspecified atom stereocenters. The van der Waals surface area contributed by atoms with Gasteiger partial charge in [-0.2, -0.15) is 0 Å². The molecule has 0 aliphatic heterocycles. The molecule has 0 spiro atoms. The number of aryl methyl sites for hydroxylation is 1. The number of carbonyl (C=O) groups excluding carboxylic acids is 1. The van der Waals surface area contributed by atoms with Crippen LogP contribution in [0.5, 0.6) is 0 Å². The highest BCUT2D eigenvalue weighted by Crippen LogP contribution is 2.29. The molecule has 1 amide bonds. The molecule has 4 aromatic rings. The molecule has 1 aromatic heterocycles. The van der Waals surface area contributed by atoms with Gasteiger partial charge in [-0.05, 0) is 85.1 Å². The van der Waals surface area contributed by atoms with Crippen LogP contribution >= 0.6 is 23.8 Å². The molecule has 0 aliphatic rings. The molecule has 4 rings (SSSR count). The molecule has 0 radical (unpaired) electrons. The zero-order chi connectivity index (χ0) is 23.5. The molecule has 0 saturated heterocycles. The average molecular weight is 478 g/mol. The second-order valence-corrected chi connectivity index (χ2v) is 8.82. The van der Waals surface area contributed by atoms with Gasteiger partial charge in [0, 0.05) is 21.8 Å². The van der Waals surface area contributed by atoms with E-state index in [0.717, 1.165) is 28.6 Å². The summed E-state index contributed by atoms with van der Waals surface area (Å²) >= 11 is 11.4. The number of hydrogen-bond donors (Lipinski definition) is 2. The first-order valence-electron chi connectivity index (χ1n) is 10.7. The summed E-state index contributed by atoms with van der Waals surface area (Å²) in [4.78, 5) is 17.1. The minimum Gasteiger partial charge on any atom is -0.436 e. The largest absolute Gasteiger partial charge is 0.436 e. The third-order valence-corrected chi connectivity index (χ3v) is 6.23. The van der Waals surface area contributed by atoms with E-state index in [1.807, 2.05) is 37.3 Å². The van der Waals surface area contributed by atoms with Crippen LogP contribution in [0.3, 0.4) is 0 Å². The van der Waals surface area contributed by atoms with E-state index >= 15 is 0 Å². The summed E-state index contributed by atoms with van der Waals surface area (Å²) in [6, 6.07) is 18.8. The Hall–Kier alpha value is -3.22. The van der Waals surface area contributed by atoms with Crippen LogP contribution in [0, 0.1) is 6.92 Å². The minimum atomic E-state index is -0.332. The van der Waals surface area contributed by atoms with Gasteiger partial charge >= 0.3 is 0 Å². The second-order valence-electron chi connectivity index (χ2n) is 8.01. The fraction of sp³-hybridized carbons (Fsp3) is 0.192. The van der Waals surface area contributed by atoms with Gasteiger partial charge in [0.1, 0.15) is 5.52 Å². The van der Waals surface area contributed by atoms with Gasteiger partial charge < -0.3 is 9.73 Å². The summed E-state index contributed by atoms with van der Waals surface area (Å²) in [5.74, 6) is 0.662. The van der Waals surface area contributed by atoms with Crippen molar-refractivity contribution >= 4 is 51.6 Å². The van der Waals surface area contributed by atoms with Crippen molar-refractivity contribution in [2.75, 3.05) is 5.32 Å². The van der Waals surface area contributed by atoms with Crippen molar-refractivity contribution in [2.45, 2.75) is 33.1 Å². The maximum Gasteiger partial charge on any atom is 0.257 e. The lowest BCUT2D eigenvalue weighted by molar-refractivity contribution is 0.0977. The van der Waals surface area contributed by atoms with Gasteiger partial charge in [0.05, 0.1) is 0 Å². The second kappa shape index (κ2) is 9.73. The molecule has 3 aromatic carbocycles. The fourth-order valence-electron chi connectivity index (χ4n) is 3.41. The summed E-state index contributed by atoms with van der Waals surface area (Å²) in [6.07, 6.45) is 1.07. The summed E-state index contributed by atoms with van der Waals surface area (Å²) in [5.41, 5.74) is 5.68. The van der Waals surface area contributed by atoms with E-state index in [-0.39, 0.29) is 11.0 Å². The number of thiocarbonyl (C=S) groups is 1. The normalized spacial score (nSPS) is 11.9. The van der Waals surface area contributed by atoms with Gasteiger partial charge in [-0.1, -0.05) is 43.6 Å². The molecule has 2 N–H and O–H groups in total. The lowest BCUT2D eigenvalue weighted by Gasteiger charge is -2.10. The molecule has 0 aliphatic carbocycles. The maximum atomic E-state index is 12.5. The third-order valence-electron chi connectivity index (χ3n) is 5.62. The molecule has 5 nitrogen and oxygen atoms in total. The van der Waals surface area contributed by atoms with Crippen molar-refractivity contribution in [3.8, 4) is 11.5 Å². The van der Waals surface area contributed by atoms with Crippen molar-refractivity contribution in [1.29, 1.82) is 0 Å². The van der Waals surface area contributed by atoms with Gasteiger partial charge in [0.2, 0.25) is 5.89 Å². The third kappa shape index (κ3) is 5.24. The predicted octanol–water partition coefficient (Wildman–Crippen LogP) is 7.10. The van der Waals surface area contributed by atoms with Crippen molar-refractivity contribution in [1.82, 2.24) is 10.3 Å². The van der Waals surface area contributed by atoms with Gasteiger partial charge in [-0.15, -0.1) is 0 Å². The van der Waals surface area contributed by atoms with Crippen LogP contribution in [-0.2, 0) is 0 Å². The first kappa shape index (κ1) is 23.0. The Morgan fingerprint density at radius 2 is 1.97 bits per heavy atom. The van der Waals surface area contributed by atoms with E-state index in [1.165, 1.54) is 5.56 Å². The topological polar surface area (TPSA) is 67.2 Å². The predicted molar refractivity (Wildman–Crippen MR) is 138 cm³/mol. The van der Waals surface area contributed by atoms with E-state index in [4.69, 9.17) is 28.2 Å². The Labute approximate surface area is 203 Å². The number of halogens is 1. The van der Waals surface area contributed by atoms with Crippen LogP contribution in [0.15, 0.2) is 65.1 Å². The Balaban J connectivity index is 1.49. The number of nitrogens with one attached hydrogen (secondary N) is 2. The number of amides is 1. The van der Waals surface area contributed by atoms with Gasteiger partial charge in [-0.3, -0.25) is 10.1 Å². The first-order valence-corrected chi connectivity index (χ1v) is 11.5. The minimum absolute atomic E-state index is 0.185. The van der Waals surface area contributed by atoms with E-state index in [9.17, 15) is 4.79 Å². The highest BCUT2D eigenvalue weighted by atomic mass is 35.5. The van der Waals surface area contributed by atoms with Crippen molar-refractivity contribution < 1.29 is 9.21 Å². The summed E-state index contributed by atoms with van der Waals surface area (Å²) in [5, 5.41) is 6.44. The highest BCUT2D eigenvalue weighted by molar-refractivity contribution is 7.80. The van der Waals surface area contributed by atoms with Crippen LogP contribution in [0.2, 0.25) is 5.02 Å². The van der Waals surface area contributed by atoms with E-state index < -0.39 is 0 Å². The van der Waals surface area contributed by atoms with E-state index in [2.05, 4.69) is 41.6 Å². The van der Waals surface area contributed by atoms with Crippen LogP contribution in [0.4, 0.5) is 5.69 Å². The molecule has 7 heteroatoms. The number of oxazole rings is 1. The maximum absolute atomic E-state index is 12.5. The molecule has 0 bridgehead atoms. The monoisotopic (exact) mass is 477 g/mol. The number of fused-ring (bicyclic) bond motifs is 1. The Bertz CT molecular complexity index is 1350. The number of benzene rings is 3. The van der Waals surface area contributed by atoms with Crippen molar-refractivity contribution in [2.24, 2.45) is 0 Å². The Morgan fingerprint density at radius 3 is 2.73 bits per heavy atom. The lowest BCUT2D eigenvalue weighted by atomic mass is 9.98. The number of carbonyl (C=O) groups is 1. The van der Waals surface area contributed by atoms with Crippen LogP contribution < -0.4 is 10.6 Å². The quantitative estimate of drug-likeness (QED) is 0.300. The average Bonchev–Trinajstić information content (AvgIpc) is 3.24. The molecule has 33 heavy (non-hydrogen) atoms. The Kier molecular flexibility index (Phi) is 6.77. The fourth-order valence-corrected chi connectivity index (χ4v) is 3.80. The summed E-state index contributed by atoms with van der Waals surface area (Å²) < 4.78 is 5.97. The molecule has 1 heterocycles. The van der Waals surface area contributed by atoms with Gasteiger partial charge in [-0.25, -0.2) is 4.98 Å². The zero-order valence-corrected chi connectivity index (χ0v) is 20.2. The van der Waals surface area contributed by atoms with E-state index in [1.54, 1.807) is 18.2 Å². The van der Waals surface area contributed by atoms with Crippen LogP contribution in [-0.4, -0.2) is 16.0 Å². The smallest absolute Gasteiger partial charge is 0.257 e. The summed E-state index contributed by atoms with van der Waals surface area (Å²) in [6.45, 7) is 6.25. The van der Waals surface area contributed by atoms with Gasteiger partial charge in [0.15, 0.2) is 10.7 Å². The summed E-state index contributed by atoms with van der Waals surface area (Å²) in [7, 11) is 0. The zero-order valence-electron chi connectivity index (χ0n) is 18.6. The molecule has 1 atom stereocenters. The molecule has 0 fully saturated rings. The molecular weight excluding hydrogens is 454 g/mol. The number of aromatic nitrogens is 1. The standard InChI is InChI=1S/C26H24ClN3O2S/c1-4-15(2)17-10-11-23-22(14-17)29-25(32-23)19-6-5-7-20(12-19)28-26(33)30-24(31)18-9-8-16(3)21(27)13-18/h5-15H,4H2,1-3H3,(H2,28,30,31,33)/t15-/m0/s1. The van der Waals surface area contributed by atoms with E-state index in [0.29, 0.717) is 28.1 Å². The molecule has 0 saturated carbocycles. The van der Waals surface area contributed by atoms with Crippen molar-refractivity contribution in [3.05, 3.63) is 82.4 Å². The van der Waals surface area contributed by atoms with Crippen LogP contribution in [0.25, 0.3) is 22.6 Å². The van der Waals surface area contributed by atoms with Gasteiger partial charge in [0.25, 0.3) is 5.91 Å². The number of hydrogen-bond acceptors (Lipinski definition) is 4. The highest BCUT2D eigenvalue weighted by Gasteiger charge is 2.13. The number of nitrogens with zero attached hydrogens (tertiary/aromatic N) is 1. The first-order chi connectivity index (χ1) is 15.8. The number of anilines is 1. The SMILES string of the molecule is CC[C@H](C)c1ccc2oc(-c3cccc(NC(=S)NC(=O)c4ccc(C)c(Cl)c4)c3)nc2c1. The van der Waals surface area contributed by atoms with Crippen molar-refractivity contribution in [3.63, 3.8) is 0 Å². The molecular formula is C26H24ClN3O2S. The molecule has 168 valence electrons. The lowest BCUT2D eigenvalue weighted by Crippen LogP contribution is -2.34. The number of rotatable bonds is 5.